The standard InChI is InChI=1S/C17H25ClN2O.BrH/c1-3-20(4-2)17(21)15-9-7-11-19(13-15)12-14-8-5-6-10-16(14)18;/h5-6,8,10,15H,3-4,7,9,11-13H2,1-2H3;1H. The number of rotatable bonds is 5. The van der Waals surface area contributed by atoms with Crippen LogP contribution >= 0.6 is 28.6 Å². The van der Waals surface area contributed by atoms with Gasteiger partial charge in [0.05, 0.1) is 5.92 Å². The highest BCUT2D eigenvalue weighted by Crippen LogP contribution is 2.23. The first kappa shape index (κ1) is 19.5. The molecule has 1 aromatic rings. The van der Waals surface area contributed by atoms with E-state index in [-0.39, 0.29) is 22.9 Å². The summed E-state index contributed by atoms with van der Waals surface area (Å²) < 4.78 is 0. The van der Waals surface area contributed by atoms with E-state index in [2.05, 4.69) is 11.0 Å². The number of hydrogen-bond donors (Lipinski definition) is 0. The minimum Gasteiger partial charge on any atom is -0.343 e. The van der Waals surface area contributed by atoms with Gasteiger partial charge in [-0.2, -0.15) is 0 Å². The number of halogens is 2. The van der Waals surface area contributed by atoms with Crippen molar-refractivity contribution in [3.8, 4) is 0 Å². The van der Waals surface area contributed by atoms with E-state index in [0.29, 0.717) is 5.91 Å². The Morgan fingerprint density at radius 2 is 2.00 bits per heavy atom. The summed E-state index contributed by atoms with van der Waals surface area (Å²) in [4.78, 5) is 16.8. The highest BCUT2D eigenvalue weighted by Gasteiger charge is 2.28. The predicted octanol–water partition coefficient (Wildman–Crippen LogP) is 4.00. The number of hydrogen-bond acceptors (Lipinski definition) is 2. The zero-order valence-electron chi connectivity index (χ0n) is 13.4. The summed E-state index contributed by atoms with van der Waals surface area (Å²) in [6.07, 6.45) is 2.09. The molecule has 1 fully saturated rings. The number of piperidine rings is 1. The van der Waals surface area contributed by atoms with E-state index in [9.17, 15) is 4.79 Å². The fraction of sp³-hybridized carbons (Fsp3) is 0.588. The highest BCUT2D eigenvalue weighted by molar-refractivity contribution is 8.93. The summed E-state index contributed by atoms with van der Waals surface area (Å²) in [7, 11) is 0. The van der Waals surface area contributed by atoms with Crippen LogP contribution in [-0.2, 0) is 11.3 Å². The van der Waals surface area contributed by atoms with Crippen molar-refractivity contribution in [2.45, 2.75) is 33.2 Å². The molecule has 1 atom stereocenters. The lowest BCUT2D eigenvalue weighted by Gasteiger charge is -2.34. The first-order valence-corrected chi connectivity index (χ1v) is 8.28. The van der Waals surface area contributed by atoms with E-state index in [1.165, 1.54) is 0 Å². The third-order valence-corrected chi connectivity index (χ3v) is 4.65. The fourth-order valence-electron chi connectivity index (χ4n) is 3.06. The van der Waals surface area contributed by atoms with Crippen LogP contribution in [0.2, 0.25) is 5.02 Å². The SMILES string of the molecule is Br.CCN(CC)C(=O)C1CCCN(Cc2ccccc2Cl)C1. The first-order valence-electron chi connectivity index (χ1n) is 7.90. The van der Waals surface area contributed by atoms with E-state index in [4.69, 9.17) is 11.6 Å². The van der Waals surface area contributed by atoms with Crippen molar-refractivity contribution in [2.24, 2.45) is 5.92 Å². The van der Waals surface area contributed by atoms with E-state index in [1.807, 2.05) is 36.9 Å². The van der Waals surface area contributed by atoms with Gasteiger partial charge in [0, 0.05) is 31.2 Å². The van der Waals surface area contributed by atoms with Crippen LogP contribution in [0.15, 0.2) is 24.3 Å². The van der Waals surface area contributed by atoms with Gasteiger partial charge in [-0.25, -0.2) is 0 Å². The molecule has 0 saturated carbocycles. The topological polar surface area (TPSA) is 23.6 Å². The Morgan fingerprint density at radius 1 is 1.32 bits per heavy atom. The average Bonchev–Trinajstić information content (AvgIpc) is 2.51. The molecule has 1 saturated heterocycles. The number of carbonyl (C=O) groups is 1. The van der Waals surface area contributed by atoms with Crippen LogP contribution in [-0.4, -0.2) is 41.9 Å². The molecule has 5 heteroatoms. The highest BCUT2D eigenvalue weighted by atomic mass is 79.9. The second-order valence-electron chi connectivity index (χ2n) is 5.68. The molecule has 22 heavy (non-hydrogen) atoms. The molecule has 3 nitrogen and oxygen atoms in total. The quantitative estimate of drug-likeness (QED) is 0.760. The molecule has 0 aromatic heterocycles. The van der Waals surface area contributed by atoms with Crippen molar-refractivity contribution in [1.29, 1.82) is 0 Å². The van der Waals surface area contributed by atoms with Crippen LogP contribution < -0.4 is 0 Å². The van der Waals surface area contributed by atoms with Crippen LogP contribution in [0.4, 0.5) is 0 Å². The van der Waals surface area contributed by atoms with Gasteiger partial charge < -0.3 is 4.90 Å². The van der Waals surface area contributed by atoms with Crippen molar-refractivity contribution in [3.63, 3.8) is 0 Å². The summed E-state index contributed by atoms with van der Waals surface area (Å²) in [6, 6.07) is 7.97. The molecule has 0 radical (unpaired) electrons. The van der Waals surface area contributed by atoms with Gasteiger partial charge in [-0.3, -0.25) is 9.69 Å². The Bertz CT molecular complexity index is 479. The van der Waals surface area contributed by atoms with Crippen molar-refractivity contribution in [1.82, 2.24) is 9.80 Å². The average molecular weight is 390 g/mol. The van der Waals surface area contributed by atoms with E-state index in [0.717, 1.165) is 56.2 Å². The van der Waals surface area contributed by atoms with Gasteiger partial charge in [0.15, 0.2) is 0 Å². The van der Waals surface area contributed by atoms with E-state index < -0.39 is 0 Å². The second-order valence-corrected chi connectivity index (χ2v) is 6.08. The molecule has 1 aliphatic heterocycles. The third-order valence-electron chi connectivity index (χ3n) is 4.28. The zero-order valence-corrected chi connectivity index (χ0v) is 15.9. The zero-order chi connectivity index (χ0) is 15.2. The van der Waals surface area contributed by atoms with Gasteiger partial charge in [0.2, 0.25) is 5.91 Å². The molecule has 1 amide bonds. The summed E-state index contributed by atoms with van der Waals surface area (Å²) in [5.41, 5.74) is 1.15. The fourth-order valence-corrected chi connectivity index (χ4v) is 3.26. The smallest absolute Gasteiger partial charge is 0.226 e. The Kier molecular flexibility index (Phi) is 8.44. The summed E-state index contributed by atoms with van der Waals surface area (Å²) in [6.45, 7) is 8.43. The van der Waals surface area contributed by atoms with Crippen LogP contribution in [0.1, 0.15) is 32.3 Å². The van der Waals surface area contributed by atoms with Crippen molar-refractivity contribution < 1.29 is 4.79 Å². The normalized spacial score (nSPS) is 18.6. The monoisotopic (exact) mass is 388 g/mol. The third kappa shape index (κ3) is 4.97. The van der Waals surface area contributed by atoms with Crippen molar-refractivity contribution in [3.05, 3.63) is 34.9 Å². The maximum Gasteiger partial charge on any atom is 0.226 e. The van der Waals surface area contributed by atoms with Crippen LogP contribution in [0.3, 0.4) is 0 Å². The minimum atomic E-state index is 0. The van der Waals surface area contributed by atoms with Gasteiger partial charge in [0.25, 0.3) is 0 Å². The molecule has 0 N–H and O–H groups in total. The first-order chi connectivity index (χ1) is 10.2. The Balaban J connectivity index is 0.00000242. The molecule has 1 aromatic carbocycles. The molecule has 1 unspecified atom stereocenters. The molecular weight excluding hydrogens is 364 g/mol. The summed E-state index contributed by atoms with van der Waals surface area (Å²) >= 11 is 6.24. The summed E-state index contributed by atoms with van der Waals surface area (Å²) in [5, 5.41) is 0.815. The number of benzene rings is 1. The lowest BCUT2D eigenvalue weighted by Crippen LogP contribution is -2.44. The Morgan fingerprint density at radius 3 is 2.64 bits per heavy atom. The lowest BCUT2D eigenvalue weighted by atomic mass is 9.96. The Labute approximate surface area is 149 Å². The molecule has 1 heterocycles. The molecular formula is C17H26BrClN2O. The molecule has 0 spiro atoms. The van der Waals surface area contributed by atoms with Gasteiger partial charge >= 0.3 is 0 Å². The van der Waals surface area contributed by atoms with Gasteiger partial charge in [-0.05, 0) is 44.9 Å². The Hall–Kier alpha value is -0.580. The molecule has 1 aliphatic rings. The number of amides is 1. The largest absolute Gasteiger partial charge is 0.343 e. The number of carbonyl (C=O) groups excluding carboxylic acids is 1. The van der Waals surface area contributed by atoms with Crippen LogP contribution in [0, 0.1) is 5.92 Å². The number of nitrogens with zero attached hydrogens (tertiary/aromatic N) is 2. The molecule has 0 bridgehead atoms. The summed E-state index contributed by atoms with van der Waals surface area (Å²) in [5.74, 6) is 0.449. The maximum absolute atomic E-state index is 12.5. The molecule has 2 rings (SSSR count). The molecule has 124 valence electrons. The van der Waals surface area contributed by atoms with Gasteiger partial charge in [0.1, 0.15) is 0 Å². The predicted molar refractivity (Wildman–Crippen MR) is 97.7 cm³/mol. The van der Waals surface area contributed by atoms with Crippen LogP contribution in [0.5, 0.6) is 0 Å². The maximum atomic E-state index is 12.5. The van der Waals surface area contributed by atoms with E-state index >= 15 is 0 Å². The van der Waals surface area contributed by atoms with Crippen LogP contribution in [0.25, 0.3) is 0 Å². The van der Waals surface area contributed by atoms with Gasteiger partial charge in [-0.15, -0.1) is 17.0 Å². The lowest BCUT2D eigenvalue weighted by molar-refractivity contribution is -0.137. The molecule has 0 aliphatic carbocycles. The van der Waals surface area contributed by atoms with Gasteiger partial charge in [-0.1, -0.05) is 29.8 Å². The minimum absolute atomic E-state index is 0. The second kappa shape index (κ2) is 9.53. The van der Waals surface area contributed by atoms with Crippen molar-refractivity contribution >= 4 is 34.5 Å². The number of likely N-dealkylation sites (tertiary alicyclic amines) is 1. The van der Waals surface area contributed by atoms with E-state index in [1.54, 1.807) is 0 Å². The van der Waals surface area contributed by atoms with Crippen molar-refractivity contribution in [2.75, 3.05) is 26.2 Å².